The van der Waals surface area contributed by atoms with Gasteiger partial charge in [0.2, 0.25) is 0 Å². The lowest BCUT2D eigenvalue weighted by molar-refractivity contribution is -0.137. The largest absolute Gasteiger partial charge is 0.494 e. The lowest BCUT2D eigenvalue weighted by Gasteiger charge is -2.08. The number of furan rings is 1. The number of nitrogens with one attached hydrogen (secondary N) is 1. The summed E-state index contributed by atoms with van der Waals surface area (Å²) in [5, 5.41) is 2.64. The first-order chi connectivity index (χ1) is 14.4. The van der Waals surface area contributed by atoms with Gasteiger partial charge in [0.1, 0.15) is 23.9 Å². The molecule has 158 valence electrons. The molecule has 0 radical (unpaired) electrons. The molecule has 0 unspecified atom stereocenters. The zero-order valence-electron chi connectivity index (χ0n) is 16.2. The van der Waals surface area contributed by atoms with Gasteiger partial charge in [-0.25, -0.2) is 0 Å². The van der Waals surface area contributed by atoms with Crippen LogP contribution in [0.1, 0.15) is 23.0 Å². The fourth-order valence-corrected chi connectivity index (χ4v) is 2.68. The molecule has 1 N–H and O–H groups in total. The molecule has 0 spiro atoms. The van der Waals surface area contributed by atoms with Gasteiger partial charge in [0.25, 0.3) is 5.91 Å². The van der Waals surface area contributed by atoms with E-state index in [0.29, 0.717) is 12.4 Å². The predicted octanol–water partition coefficient (Wildman–Crippen LogP) is 5.17. The molecule has 3 rings (SSSR count). The molecule has 0 atom stereocenters. The standard InChI is InChI=1S/C22H20F3NO4/c1-2-28-17-6-8-18(9-7-17)29-13-12-26-21(27)20-11-10-19(30-20)15-4-3-5-16(14-15)22(23,24)25/h3-11,14H,2,12-13H2,1H3,(H,26,27). The van der Waals surface area contributed by atoms with E-state index in [1.54, 1.807) is 24.3 Å². The highest BCUT2D eigenvalue weighted by molar-refractivity contribution is 5.92. The minimum atomic E-state index is -4.45. The topological polar surface area (TPSA) is 60.7 Å². The average Bonchev–Trinajstić information content (AvgIpc) is 3.22. The predicted molar refractivity (Wildman–Crippen MR) is 105 cm³/mol. The van der Waals surface area contributed by atoms with Crippen molar-refractivity contribution in [3.63, 3.8) is 0 Å². The van der Waals surface area contributed by atoms with Gasteiger partial charge >= 0.3 is 6.18 Å². The second kappa shape index (κ2) is 9.39. The summed E-state index contributed by atoms with van der Waals surface area (Å²) >= 11 is 0. The zero-order chi connectivity index (χ0) is 21.6. The molecule has 3 aromatic rings. The quantitative estimate of drug-likeness (QED) is 0.512. The highest BCUT2D eigenvalue weighted by Gasteiger charge is 2.30. The van der Waals surface area contributed by atoms with Crippen LogP contribution in [-0.4, -0.2) is 25.7 Å². The zero-order valence-corrected chi connectivity index (χ0v) is 16.2. The monoisotopic (exact) mass is 419 g/mol. The first-order valence-corrected chi connectivity index (χ1v) is 9.28. The van der Waals surface area contributed by atoms with Crippen molar-refractivity contribution in [2.45, 2.75) is 13.1 Å². The Balaban J connectivity index is 1.52. The van der Waals surface area contributed by atoms with E-state index in [9.17, 15) is 18.0 Å². The van der Waals surface area contributed by atoms with E-state index in [0.717, 1.165) is 17.9 Å². The molecule has 1 heterocycles. The van der Waals surface area contributed by atoms with Crippen LogP contribution in [0.15, 0.2) is 65.1 Å². The van der Waals surface area contributed by atoms with Crippen molar-refractivity contribution in [2.24, 2.45) is 0 Å². The molecular formula is C22H20F3NO4. The van der Waals surface area contributed by atoms with Crippen molar-refractivity contribution in [1.82, 2.24) is 5.32 Å². The SMILES string of the molecule is CCOc1ccc(OCCNC(=O)c2ccc(-c3cccc(C(F)(F)F)c3)o2)cc1. The van der Waals surface area contributed by atoms with Gasteiger partial charge in [0.15, 0.2) is 5.76 Å². The molecule has 8 heteroatoms. The van der Waals surface area contributed by atoms with Crippen LogP contribution >= 0.6 is 0 Å². The summed E-state index contributed by atoms with van der Waals surface area (Å²) in [6.45, 7) is 2.94. The van der Waals surface area contributed by atoms with Gasteiger partial charge < -0.3 is 19.2 Å². The Labute approximate surface area is 171 Å². The normalized spacial score (nSPS) is 11.2. The van der Waals surface area contributed by atoms with Gasteiger partial charge in [0.05, 0.1) is 18.7 Å². The third-order valence-electron chi connectivity index (χ3n) is 4.10. The maximum atomic E-state index is 12.9. The number of ether oxygens (including phenoxy) is 2. The van der Waals surface area contributed by atoms with E-state index in [-0.39, 0.29) is 30.2 Å². The van der Waals surface area contributed by atoms with Crippen molar-refractivity contribution >= 4 is 5.91 Å². The van der Waals surface area contributed by atoms with Crippen LogP contribution in [0.5, 0.6) is 11.5 Å². The molecule has 0 saturated heterocycles. The third kappa shape index (κ3) is 5.56. The maximum Gasteiger partial charge on any atom is 0.416 e. The number of amides is 1. The Morgan fingerprint density at radius 1 is 1.00 bits per heavy atom. The van der Waals surface area contributed by atoms with E-state index in [1.807, 2.05) is 6.92 Å². The van der Waals surface area contributed by atoms with E-state index >= 15 is 0 Å². The third-order valence-corrected chi connectivity index (χ3v) is 4.10. The number of carbonyl (C=O) groups is 1. The molecule has 5 nitrogen and oxygen atoms in total. The van der Waals surface area contributed by atoms with E-state index in [4.69, 9.17) is 13.9 Å². The summed E-state index contributed by atoms with van der Waals surface area (Å²) < 4.78 is 54.9. The highest BCUT2D eigenvalue weighted by atomic mass is 19.4. The summed E-state index contributed by atoms with van der Waals surface area (Å²) in [6, 6.07) is 14.7. The lowest BCUT2D eigenvalue weighted by atomic mass is 10.1. The van der Waals surface area contributed by atoms with Crippen molar-refractivity contribution in [1.29, 1.82) is 0 Å². The molecular weight excluding hydrogens is 399 g/mol. The number of carbonyl (C=O) groups excluding carboxylic acids is 1. The highest BCUT2D eigenvalue weighted by Crippen LogP contribution is 2.32. The van der Waals surface area contributed by atoms with Crippen molar-refractivity contribution in [3.05, 3.63) is 72.0 Å². The van der Waals surface area contributed by atoms with Crippen LogP contribution in [0, 0.1) is 0 Å². The number of alkyl halides is 3. The number of benzene rings is 2. The average molecular weight is 419 g/mol. The lowest BCUT2D eigenvalue weighted by Crippen LogP contribution is -2.27. The first-order valence-electron chi connectivity index (χ1n) is 9.28. The van der Waals surface area contributed by atoms with E-state index < -0.39 is 17.6 Å². The first kappa shape index (κ1) is 21.3. The van der Waals surface area contributed by atoms with Gasteiger partial charge in [-0.15, -0.1) is 0 Å². The Kier molecular flexibility index (Phi) is 6.66. The Bertz CT molecular complexity index is 981. The second-order valence-electron chi connectivity index (χ2n) is 6.25. The fourth-order valence-electron chi connectivity index (χ4n) is 2.68. The minimum absolute atomic E-state index is 0.00322. The van der Waals surface area contributed by atoms with E-state index in [2.05, 4.69) is 5.32 Å². The molecule has 0 saturated carbocycles. The van der Waals surface area contributed by atoms with Crippen LogP contribution in [0.2, 0.25) is 0 Å². The van der Waals surface area contributed by atoms with Crippen LogP contribution in [0.25, 0.3) is 11.3 Å². The molecule has 2 aromatic carbocycles. The van der Waals surface area contributed by atoms with Gasteiger partial charge in [-0.05, 0) is 55.5 Å². The Morgan fingerprint density at radius 3 is 2.37 bits per heavy atom. The summed E-state index contributed by atoms with van der Waals surface area (Å²) in [7, 11) is 0. The number of hydrogen-bond donors (Lipinski definition) is 1. The Hall–Kier alpha value is -3.42. The van der Waals surface area contributed by atoms with Gasteiger partial charge in [-0.1, -0.05) is 12.1 Å². The van der Waals surface area contributed by atoms with Gasteiger partial charge in [-0.3, -0.25) is 4.79 Å². The summed E-state index contributed by atoms with van der Waals surface area (Å²) in [5.41, 5.74) is -0.545. The second-order valence-corrected chi connectivity index (χ2v) is 6.25. The Morgan fingerprint density at radius 2 is 1.70 bits per heavy atom. The molecule has 0 aliphatic rings. The maximum absolute atomic E-state index is 12.9. The van der Waals surface area contributed by atoms with Gasteiger partial charge in [0, 0.05) is 5.56 Å². The number of rotatable bonds is 8. The minimum Gasteiger partial charge on any atom is -0.494 e. The number of halogens is 3. The van der Waals surface area contributed by atoms with Crippen LogP contribution < -0.4 is 14.8 Å². The molecule has 0 aliphatic carbocycles. The van der Waals surface area contributed by atoms with Gasteiger partial charge in [-0.2, -0.15) is 13.2 Å². The molecule has 30 heavy (non-hydrogen) atoms. The van der Waals surface area contributed by atoms with Crippen molar-refractivity contribution < 1.29 is 31.9 Å². The summed E-state index contributed by atoms with van der Waals surface area (Å²) in [5.74, 6) is 1.08. The molecule has 0 aliphatic heterocycles. The van der Waals surface area contributed by atoms with Crippen LogP contribution in [0.3, 0.4) is 0 Å². The fraction of sp³-hybridized carbons (Fsp3) is 0.227. The summed E-state index contributed by atoms with van der Waals surface area (Å²) in [4.78, 5) is 12.2. The molecule has 1 amide bonds. The molecule has 0 fully saturated rings. The summed E-state index contributed by atoms with van der Waals surface area (Å²) in [6.07, 6.45) is -4.45. The van der Waals surface area contributed by atoms with E-state index in [1.165, 1.54) is 24.3 Å². The number of hydrogen-bond acceptors (Lipinski definition) is 4. The van der Waals surface area contributed by atoms with Crippen LogP contribution in [-0.2, 0) is 6.18 Å². The molecule has 1 aromatic heterocycles. The van der Waals surface area contributed by atoms with Crippen LogP contribution in [0.4, 0.5) is 13.2 Å². The van der Waals surface area contributed by atoms with Crippen molar-refractivity contribution in [2.75, 3.05) is 19.8 Å². The van der Waals surface area contributed by atoms with Crippen molar-refractivity contribution in [3.8, 4) is 22.8 Å². The smallest absolute Gasteiger partial charge is 0.416 e. The molecule has 0 bridgehead atoms.